The maximum Gasteiger partial charge on any atom is 0.188 e. The molecule has 18 heavy (non-hydrogen) atoms. The highest BCUT2D eigenvalue weighted by Crippen LogP contribution is 2.20. The molecule has 1 fully saturated rings. The number of ether oxygens (including phenoxy) is 1. The third-order valence-corrected chi connectivity index (χ3v) is 2.90. The van der Waals surface area contributed by atoms with Gasteiger partial charge in [0.2, 0.25) is 0 Å². The standard InChI is InChI=1S/C12H18N4O2/c1-8-6-16(7-9(2)18-8)10-3-4-14-11(5-10)12(13)15-17/h3-5,8-9,17H,6-7H2,1-2H3,(H2,13,15)/t8-,9+. The second-order valence-electron chi connectivity index (χ2n) is 4.55. The number of oxime groups is 1. The zero-order valence-electron chi connectivity index (χ0n) is 10.6. The Kier molecular flexibility index (Phi) is 3.66. The van der Waals surface area contributed by atoms with E-state index in [4.69, 9.17) is 15.7 Å². The van der Waals surface area contributed by atoms with Crippen molar-refractivity contribution in [2.75, 3.05) is 18.0 Å². The topological polar surface area (TPSA) is 84.0 Å². The Labute approximate surface area is 106 Å². The lowest BCUT2D eigenvalue weighted by Gasteiger charge is -2.36. The summed E-state index contributed by atoms with van der Waals surface area (Å²) in [5.74, 6) is 0.0196. The molecule has 0 bridgehead atoms. The van der Waals surface area contributed by atoms with E-state index >= 15 is 0 Å². The van der Waals surface area contributed by atoms with Gasteiger partial charge in [-0.15, -0.1) is 0 Å². The van der Waals surface area contributed by atoms with Crippen molar-refractivity contribution in [2.24, 2.45) is 10.9 Å². The van der Waals surface area contributed by atoms with Gasteiger partial charge in [0.15, 0.2) is 5.84 Å². The monoisotopic (exact) mass is 250 g/mol. The van der Waals surface area contributed by atoms with Crippen molar-refractivity contribution < 1.29 is 9.94 Å². The molecule has 0 radical (unpaired) electrons. The third kappa shape index (κ3) is 2.70. The van der Waals surface area contributed by atoms with Gasteiger partial charge in [0.05, 0.1) is 12.2 Å². The van der Waals surface area contributed by atoms with Crippen LogP contribution >= 0.6 is 0 Å². The summed E-state index contributed by atoms with van der Waals surface area (Å²) in [6.45, 7) is 5.75. The van der Waals surface area contributed by atoms with Crippen molar-refractivity contribution in [1.82, 2.24) is 4.98 Å². The Balaban J connectivity index is 2.22. The van der Waals surface area contributed by atoms with E-state index in [0.717, 1.165) is 18.8 Å². The molecule has 0 unspecified atom stereocenters. The highest BCUT2D eigenvalue weighted by Gasteiger charge is 2.22. The predicted octanol–water partition coefficient (Wildman–Crippen LogP) is 0.790. The van der Waals surface area contributed by atoms with Crippen LogP contribution in [0.15, 0.2) is 23.5 Å². The van der Waals surface area contributed by atoms with Gasteiger partial charge < -0.3 is 20.6 Å². The molecule has 1 aliphatic heterocycles. The van der Waals surface area contributed by atoms with Crippen molar-refractivity contribution in [2.45, 2.75) is 26.1 Å². The van der Waals surface area contributed by atoms with Crippen LogP contribution in [0.25, 0.3) is 0 Å². The van der Waals surface area contributed by atoms with Gasteiger partial charge in [0.1, 0.15) is 5.69 Å². The van der Waals surface area contributed by atoms with Gasteiger partial charge in [-0.3, -0.25) is 4.98 Å². The predicted molar refractivity (Wildman–Crippen MR) is 69.0 cm³/mol. The fourth-order valence-electron chi connectivity index (χ4n) is 2.20. The number of nitrogens with zero attached hydrogens (tertiary/aromatic N) is 3. The summed E-state index contributed by atoms with van der Waals surface area (Å²) < 4.78 is 5.69. The van der Waals surface area contributed by atoms with Gasteiger partial charge in [0.25, 0.3) is 0 Å². The maximum absolute atomic E-state index is 8.66. The van der Waals surface area contributed by atoms with Crippen LogP contribution in [-0.2, 0) is 4.74 Å². The van der Waals surface area contributed by atoms with Crippen LogP contribution in [0.4, 0.5) is 5.69 Å². The Hall–Kier alpha value is -1.82. The first-order chi connectivity index (χ1) is 8.60. The lowest BCUT2D eigenvalue weighted by Crippen LogP contribution is -2.45. The number of rotatable bonds is 2. The summed E-state index contributed by atoms with van der Waals surface area (Å²) >= 11 is 0. The first-order valence-corrected chi connectivity index (χ1v) is 5.94. The molecule has 0 aromatic carbocycles. The molecule has 2 atom stereocenters. The Morgan fingerprint density at radius 3 is 2.78 bits per heavy atom. The van der Waals surface area contributed by atoms with Crippen LogP contribution in [0.5, 0.6) is 0 Å². The lowest BCUT2D eigenvalue weighted by molar-refractivity contribution is -0.00522. The average molecular weight is 250 g/mol. The van der Waals surface area contributed by atoms with Gasteiger partial charge in [-0.05, 0) is 26.0 Å². The number of nitrogens with two attached hydrogens (primary N) is 1. The van der Waals surface area contributed by atoms with E-state index in [-0.39, 0.29) is 18.0 Å². The SMILES string of the molecule is C[C@@H]1CN(c2ccnc(/C(N)=N/O)c2)C[C@H](C)O1. The van der Waals surface area contributed by atoms with Crippen molar-refractivity contribution in [3.05, 3.63) is 24.0 Å². The molecule has 0 aliphatic carbocycles. The lowest BCUT2D eigenvalue weighted by atomic mass is 10.2. The number of hydrogen-bond acceptors (Lipinski definition) is 5. The molecule has 1 aliphatic rings. The molecular formula is C12H18N4O2. The summed E-state index contributed by atoms with van der Waals surface area (Å²) in [4.78, 5) is 6.29. The summed E-state index contributed by atoms with van der Waals surface area (Å²) in [5.41, 5.74) is 7.02. The molecule has 0 spiro atoms. The van der Waals surface area contributed by atoms with Gasteiger partial charge >= 0.3 is 0 Å². The van der Waals surface area contributed by atoms with Crippen molar-refractivity contribution in [3.63, 3.8) is 0 Å². The second-order valence-corrected chi connectivity index (χ2v) is 4.55. The van der Waals surface area contributed by atoms with Gasteiger partial charge in [-0.1, -0.05) is 5.16 Å². The number of anilines is 1. The van der Waals surface area contributed by atoms with Crippen LogP contribution in [0, 0.1) is 0 Å². The van der Waals surface area contributed by atoms with Crippen molar-refractivity contribution in [3.8, 4) is 0 Å². The normalized spacial score (nSPS) is 25.2. The number of morpholine rings is 1. The van der Waals surface area contributed by atoms with E-state index in [2.05, 4.69) is 15.0 Å². The quantitative estimate of drug-likeness (QED) is 0.351. The van der Waals surface area contributed by atoms with Crippen LogP contribution in [0.2, 0.25) is 0 Å². The minimum Gasteiger partial charge on any atom is -0.409 e. The van der Waals surface area contributed by atoms with E-state index in [1.807, 2.05) is 26.0 Å². The summed E-state index contributed by atoms with van der Waals surface area (Å²) in [7, 11) is 0. The third-order valence-electron chi connectivity index (χ3n) is 2.90. The van der Waals surface area contributed by atoms with Crippen LogP contribution in [-0.4, -0.2) is 41.3 Å². The van der Waals surface area contributed by atoms with Crippen LogP contribution in [0.1, 0.15) is 19.5 Å². The highest BCUT2D eigenvalue weighted by molar-refractivity contribution is 5.95. The molecular weight excluding hydrogens is 232 g/mol. The molecule has 1 saturated heterocycles. The van der Waals surface area contributed by atoms with Crippen molar-refractivity contribution >= 4 is 11.5 Å². The van der Waals surface area contributed by atoms with E-state index < -0.39 is 0 Å². The van der Waals surface area contributed by atoms with Gasteiger partial charge in [-0.25, -0.2) is 0 Å². The molecule has 1 aromatic rings. The molecule has 0 saturated carbocycles. The number of amidine groups is 1. The first-order valence-electron chi connectivity index (χ1n) is 5.94. The van der Waals surface area contributed by atoms with Gasteiger partial charge in [-0.2, -0.15) is 0 Å². The first kappa shape index (κ1) is 12.6. The Morgan fingerprint density at radius 2 is 2.17 bits per heavy atom. The van der Waals surface area contributed by atoms with Crippen LogP contribution in [0.3, 0.4) is 0 Å². The second kappa shape index (κ2) is 5.22. The average Bonchev–Trinajstić information content (AvgIpc) is 2.37. The molecule has 3 N–H and O–H groups in total. The molecule has 6 heteroatoms. The minimum atomic E-state index is 0.0196. The minimum absolute atomic E-state index is 0.0196. The van der Waals surface area contributed by atoms with E-state index in [1.165, 1.54) is 0 Å². The van der Waals surface area contributed by atoms with Gasteiger partial charge in [0, 0.05) is 25.0 Å². The Morgan fingerprint density at radius 1 is 1.50 bits per heavy atom. The largest absolute Gasteiger partial charge is 0.409 e. The molecule has 2 heterocycles. The smallest absolute Gasteiger partial charge is 0.188 e. The molecule has 6 nitrogen and oxygen atoms in total. The summed E-state index contributed by atoms with van der Waals surface area (Å²) in [5, 5.41) is 11.6. The van der Waals surface area contributed by atoms with Crippen molar-refractivity contribution in [1.29, 1.82) is 0 Å². The fraction of sp³-hybridized carbons (Fsp3) is 0.500. The molecule has 2 rings (SSSR count). The van der Waals surface area contributed by atoms with E-state index in [9.17, 15) is 0 Å². The highest BCUT2D eigenvalue weighted by atomic mass is 16.5. The van der Waals surface area contributed by atoms with E-state index in [1.54, 1.807) is 6.20 Å². The molecule has 1 aromatic heterocycles. The number of pyridine rings is 1. The number of aromatic nitrogens is 1. The maximum atomic E-state index is 8.66. The zero-order chi connectivity index (χ0) is 13.1. The summed E-state index contributed by atoms with van der Waals surface area (Å²) in [6, 6.07) is 3.73. The zero-order valence-corrected chi connectivity index (χ0v) is 10.6. The molecule has 98 valence electrons. The van der Waals surface area contributed by atoms with Crippen LogP contribution < -0.4 is 10.6 Å². The fourth-order valence-corrected chi connectivity index (χ4v) is 2.20. The summed E-state index contributed by atoms with van der Waals surface area (Å²) in [6.07, 6.45) is 2.04. The number of hydrogen-bond donors (Lipinski definition) is 2. The van der Waals surface area contributed by atoms with E-state index in [0.29, 0.717) is 5.69 Å². The molecule has 0 amide bonds. The Bertz CT molecular complexity index is 439.